The van der Waals surface area contributed by atoms with Gasteiger partial charge in [-0.3, -0.25) is 4.79 Å². The molecular weight excluding hydrogens is 502 g/mol. The molecule has 3 aromatic carbocycles. The summed E-state index contributed by atoms with van der Waals surface area (Å²) in [5.74, 6) is 0.316. The van der Waals surface area contributed by atoms with E-state index in [2.05, 4.69) is 5.32 Å². The molecular formula is C30H33NO8. The van der Waals surface area contributed by atoms with Gasteiger partial charge in [-0.15, -0.1) is 0 Å². The van der Waals surface area contributed by atoms with Crippen LogP contribution in [-0.2, 0) is 15.0 Å². The lowest BCUT2D eigenvalue weighted by atomic mass is 9.86. The maximum atomic E-state index is 12.9. The third-order valence-electron chi connectivity index (χ3n) is 5.43. The molecule has 0 atom stereocenters. The molecule has 0 amide bonds. The van der Waals surface area contributed by atoms with E-state index >= 15 is 0 Å². The predicted molar refractivity (Wildman–Crippen MR) is 146 cm³/mol. The topological polar surface area (TPSA) is 109 Å². The van der Waals surface area contributed by atoms with Gasteiger partial charge in [-0.2, -0.15) is 0 Å². The number of rotatable bonds is 8. The summed E-state index contributed by atoms with van der Waals surface area (Å²) in [5.41, 5.74) is -0.716. The van der Waals surface area contributed by atoms with Crippen molar-refractivity contribution in [2.45, 2.75) is 52.6 Å². The van der Waals surface area contributed by atoms with Gasteiger partial charge >= 0.3 is 18.1 Å². The fourth-order valence-electron chi connectivity index (χ4n) is 3.52. The summed E-state index contributed by atoms with van der Waals surface area (Å²) in [6.45, 7) is 10.3. The first-order valence-corrected chi connectivity index (χ1v) is 12.3. The molecule has 9 heteroatoms. The molecule has 0 aliphatic heterocycles. The third kappa shape index (κ3) is 7.98. The molecule has 9 nitrogen and oxygen atoms in total. The van der Waals surface area contributed by atoms with Gasteiger partial charge in [0.05, 0.1) is 5.69 Å². The molecule has 0 radical (unpaired) electrons. The van der Waals surface area contributed by atoms with Crippen LogP contribution >= 0.6 is 0 Å². The van der Waals surface area contributed by atoms with Crippen LogP contribution in [0.3, 0.4) is 0 Å². The highest BCUT2D eigenvalue weighted by molar-refractivity contribution is 5.82. The van der Waals surface area contributed by atoms with E-state index in [1.165, 1.54) is 19.1 Å². The molecule has 3 rings (SSSR count). The van der Waals surface area contributed by atoms with E-state index in [-0.39, 0.29) is 17.2 Å². The fraction of sp³-hybridized carbons (Fsp3) is 0.300. The highest BCUT2D eigenvalue weighted by Crippen LogP contribution is 2.41. The minimum absolute atomic E-state index is 0.142. The molecule has 0 saturated carbocycles. The smallest absolute Gasteiger partial charge is 0.474 e. The Balaban J connectivity index is 1.85. The van der Waals surface area contributed by atoms with Crippen LogP contribution in [0.1, 0.15) is 47.1 Å². The lowest BCUT2D eigenvalue weighted by molar-refractivity contribution is -0.149. The van der Waals surface area contributed by atoms with Gasteiger partial charge in [0.1, 0.15) is 28.7 Å². The Morgan fingerprint density at radius 2 is 1.31 bits per heavy atom. The van der Waals surface area contributed by atoms with Crippen molar-refractivity contribution in [3.63, 3.8) is 0 Å². The number of esters is 2. The maximum Gasteiger partial charge on any atom is 0.519 e. The van der Waals surface area contributed by atoms with Gasteiger partial charge in [-0.25, -0.2) is 9.59 Å². The molecule has 0 saturated heterocycles. The van der Waals surface area contributed by atoms with Crippen molar-refractivity contribution >= 4 is 23.8 Å². The Labute approximate surface area is 228 Å². The molecule has 3 aromatic rings. The van der Waals surface area contributed by atoms with Gasteiger partial charge in [0.15, 0.2) is 0 Å². The lowest BCUT2D eigenvalue weighted by Gasteiger charge is -2.28. The fourth-order valence-corrected chi connectivity index (χ4v) is 3.52. The number of hydrogen-bond acceptors (Lipinski definition) is 9. The summed E-state index contributed by atoms with van der Waals surface area (Å²) in [4.78, 5) is 36.8. The van der Waals surface area contributed by atoms with Crippen molar-refractivity contribution in [1.29, 1.82) is 0 Å². The van der Waals surface area contributed by atoms with Gasteiger partial charge < -0.3 is 29.0 Å². The van der Waals surface area contributed by atoms with Crippen LogP contribution in [0.5, 0.6) is 28.7 Å². The second kappa shape index (κ2) is 11.9. The van der Waals surface area contributed by atoms with E-state index in [4.69, 9.17) is 23.7 Å². The monoisotopic (exact) mass is 535 g/mol. The SMILES string of the molecule is CNc1cc(OC(=O)Oc2cccc(OC(C)=O)c2)c(C(C)(C)C)cc1OC(C)(C)C(=O)Oc1ccccc1. The Kier molecular flexibility index (Phi) is 8.85. The van der Waals surface area contributed by atoms with Crippen molar-refractivity contribution in [1.82, 2.24) is 0 Å². The average Bonchev–Trinajstić information content (AvgIpc) is 2.84. The highest BCUT2D eigenvalue weighted by atomic mass is 16.7. The molecule has 0 aliphatic rings. The van der Waals surface area contributed by atoms with Crippen LogP contribution in [0.4, 0.5) is 10.5 Å². The van der Waals surface area contributed by atoms with Crippen LogP contribution in [0.2, 0.25) is 0 Å². The number of carbonyl (C=O) groups is 3. The number of carbonyl (C=O) groups excluding carboxylic acids is 3. The van der Waals surface area contributed by atoms with Crippen molar-refractivity contribution < 1.29 is 38.1 Å². The number of hydrogen-bond donors (Lipinski definition) is 1. The van der Waals surface area contributed by atoms with E-state index in [1.54, 1.807) is 69.4 Å². The minimum atomic E-state index is -1.34. The maximum absolute atomic E-state index is 12.9. The largest absolute Gasteiger partial charge is 0.519 e. The summed E-state index contributed by atoms with van der Waals surface area (Å²) in [5, 5.41) is 3.02. The second-order valence-corrected chi connectivity index (χ2v) is 10.2. The zero-order valence-corrected chi connectivity index (χ0v) is 23.1. The summed E-state index contributed by atoms with van der Waals surface area (Å²) in [7, 11) is 1.68. The van der Waals surface area contributed by atoms with Crippen molar-refractivity contribution in [3.8, 4) is 28.7 Å². The quantitative estimate of drug-likeness (QED) is 0.202. The molecule has 1 N–H and O–H groups in total. The first-order chi connectivity index (χ1) is 18.3. The highest BCUT2D eigenvalue weighted by Gasteiger charge is 2.34. The molecule has 0 unspecified atom stereocenters. The summed E-state index contributed by atoms with van der Waals surface area (Å²) in [6, 6.07) is 18.1. The van der Waals surface area contributed by atoms with Crippen LogP contribution in [0.25, 0.3) is 0 Å². The Hall–Kier alpha value is -4.53. The Morgan fingerprint density at radius 3 is 1.90 bits per heavy atom. The van der Waals surface area contributed by atoms with E-state index in [1.807, 2.05) is 26.8 Å². The zero-order valence-electron chi connectivity index (χ0n) is 23.1. The molecule has 206 valence electrons. The van der Waals surface area contributed by atoms with Gasteiger partial charge in [-0.05, 0) is 49.6 Å². The molecule has 0 bridgehead atoms. The van der Waals surface area contributed by atoms with Gasteiger partial charge in [-0.1, -0.05) is 45.0 Å². The number of ether oxygens (including phenoxy) is 5. The van der Waals surface area contributed by atoms with Crippen LogP contribution in [0, 0.1) is 0 Å². The van der Waals surface area contributed by atoms with Gasteiger partial charge in [0.2, 0.25) is 5.60 Å². The molecule has 0 aromatic heterocycles. The molecule has 0 fully saturated rings. The van der Waals surface area contributed by atoms with E-state index in [0.717, 1.165) is 0 Å². The first-order valence-electron chi connectivity index (χ1n) is 12.3. The van der Waals surface area contributed by atoms with Crippen molar-refractivity contribution in [2.75, 3.05) is 12.4 Å². The number of para-hydroxylation sites is 1. The number of anilines is 1. The molecule has 39 heavy (non-hydrogen) atoms. The van der Waals surface area contributed by atoms with Gasteiger partial charge in [0, 0.05) is 31.7 Å². The minimum Gasteiger partial charge on any atom is -0.474 e. The number of nitrogens with one attached hydrogen (secondary N) is 1. The third-order valence-corrected chi connectivity index (χ3v) is 5.43. The number of benzene rings is 3. The van der Waals surface area contributed by atoms with Crippen molar-refractivity contribution in [2.24, 2.45) is 0 Å². The normalized spacial score (nSPS) is 11.3. The Morgan fingerprint density at radius 1 is 0.692 bits per heavy atom. The van der Waals surface area contributed by atoms with Crippen LogP contribution in [0.15, 0.2) is 66.7 Å². The molecule has 0 heterocycles. The average molecular weight is 536 g/mol. The zero-order chi connectivity index (χ0) is 28.8. The lowest BCUT2D eigenvalue weighted by Crippen LogP contribution is -2.41. The first kappa shape index (κ1) is 29.0. The van der Waals surface area contributed by atoms with Gasteiger partial charge in [0.25, 0.3) is 0 Å². The van der Waals surface area contributed by atoms with E-state index in [9.17, 15) is 14.4 Å². The van der Waals surface area contributed by atoms with E-state index < -0.39 is 29.1 Å². The molecule has 0 aliphatic carbocycles. The standard InChI is InChI=1S/C30H33NO8/c1-19(32)35-21-14-11-15-22(16-21)37-28(34)38-25-18-24(31-7)26(17-23(25)29(2,3)4)39-30(5,6)27(33)36-20-12-9-8-10-13-20/h8-18,31H,1-7H3. The van der Waals surface area contributed by atoms with E-state index in [0.29, 0.717) is 22.7 Å². The summed E-state index contributed by atoms with van der Waals surface area (Å²) in [6.07, 6.45) is -0.983. The predicted octanol–water partition coefficient (Wildman–Crippen LogP) is 6.29. The Bertz CT molecular complexity index is 1340. The summed E-state index contributed by atoms with van der Waals surface area (Å²) >= 11 is 0. The molecule has 0 spiro atoms. The second-order valence-electron chi connectivity index (χ2n) is 10.2. The summed E-state index contributed by atoms with van der Waals surface area (Å²) < 4.78 is 27.6. The van der Waals surface area contributed by atoms with Crippen molar-refractivity contribution in [3.05, 3.63) is 72.3 Å². The van der Waals surface area contributed by atoms with Crippen LogP contribution < -0.4 is 29.0 Å². The van der Waals surface area contributed by atoms with Crippen LogP contribution in [-0.4, -0.2) is 30.7 Å².